The molecule has 5 nitrogen and oxygen atoms in total. The fourth-order valence-corrected chi connectivity index (χ4v) is 2.92. The molecule has 0 aliphatic heterocycles. The molecular formula is C22H26N4O. The number of ether oxygens (including phenoxy) is 1. The highest BCUT2D eigenvalue weighted by molar-refractivity contribution is 5.85. The summed E-state index contributed by atoms with van der Waals surface area (Å²) in [6.45, 7) is 4.23. The molecule has 0 radical (unpaired) electrons. The van der Waals surface area contributed by atoms with Crippen LogP contribution in [0.15, 0.2) is 65.8 Å². The van der Waals surface area contributed by atoms with E-state index in [1.807, 2.05) is 36.5 Å². The van der Waals surface area contributed by atoms with E-state index in [9.17, 15) is 0 Å². The zero-order valence-electron chi connectivity index (χ0n) is 15.9. The Balaban J connectivity index is 1.62. The Morgan fingerprint density at radius 3 is 2.63 bits per heavy atom. The van der Waals surface area contributed by atoms with E-state index < -0.39 is 0 Å². The van der Waals surface area contributed by atoms with Crippen LogP contribution < -0.4 is 15.4 Å². The molecule has 0 saturated heterocycles. The van der Waals surface area contributed by atoms with Gasteiger partial charge in [-0.3, -0.25) is 4.98 Å². The first-order valence-corrected chi connectivity index (χ1v) is 9.28. The van der Waals surface area contributed by atoms with Crippen LogP contribution >= 0.6 is 0 Å². The Kier molecular flexibility index (Phi) is 6.63. The third-order valence-electron chi connectivity index (χ3n) is 4.35. The van der Waals surface area contributed by atoms with Crippen molar-refractivity contribution >= 4 is 16.7 Å². The van der Waals surface area contributed by atoms with Gasteiger partial charge in [-0.05, 0) is 42.5 Å². The fraction of sp³-hybridized carbons (Fsp3) is 0.273. The van der Waals surface area contributed by atoms with Gasteiger partial charge in [0, 0.05) is 24.7 Å². The van der Waals surface area contributed by atoms with Gasteiger partial charge >= 0.3 is 0 Å². The number of fused-ring (bicyclic) bond motifs is 1. The molecule has 0 amide bonds. The van der Waals surface area contributed by atoms with Gasteiger partial charge in [0.25, 0.3) is 0 Å². The SMILES string of the molecule is CCNC(=NCc1nccc2ccccc12)NCCc1ccc(OC)cc1. The van der Waals surface area contributed by atoms with Crippen molar-refractivity contribution in [3.05, 3.63) is 72.1 Å². The van der Waals surface area contributed by atoms with Crippen molar-refractivity contribution in [2.24, 2.45) is 4.99 Å². The molecule has 27 heavy (non-hydrogen) atoms. The van der Waals surface area contributed by atoms with Crippen molar-refractivity contribution in [2.45, 2.75) is 19.9 Å². The monoisotopic (exact) mass is 362 g/mol. The largest absolute Gasteiger partial charge is 0.497 e. The lowest BCUT2D eigenvalue weighted by atomic mass is 10.1. The number of nitrogens with zero attached hydrogens (tertiary/aromatic N) is 2. The lowest BCUT2D eigenvalue weighted by Gasteiger charge is -2.12. The third kappa shape index (κ3) is 5.20. The lowest BCUT2D eigenvalue weighted by molar-refractivity contribution is 0.414. The standard InChI is InChI=1S/C22H26N4O/c1-3-23-22(25-14-12-17-8-10-19(27-2)11-9-17)26-16-21-20-7-5-4-6-18(20)13-15-24-21/h4-11,13,15H,3,12,14,16H2,1-2H3,(H2,23,25,26). The van der Waals surface area contributed by atoms with Crippen molar-refractivity contribution < 1.29 is 4.74 Å². The van der Waals surface area contributed by atoms with Crippen molar-refractivity contribution in [1.82, 2.24) is 15.6 Å². The Hall–Kier alpha value is -3.08. The molecule has 0 aliphatic carbocycles. The van der Waals surface area contributed by atoms with Gasteiger partial charge in [0.05, 0.1) is 19.3 Å². The number of pyridine rings is 1. The topological polar surface area (TPSA) is 58.5 Å². The second-order valence-corrected chi connectivity index (χ2v) is 6.20. The van der Waals surface area contributed by atoms with Gasteiger partial charge in [-0.15, -0.1) is 0 Å². The maximum absolute atomic E-state index is 5.20. The van der Waals surface area contributed by atoms with Crippen LogP contribution in [0.3, 0.4) is 0 Å². The van der Waals surface area contributed by atoms with Crippen LogP contribution in [0.1, 0.15) is 18.2 Å². The fourth-order valence-electron chi connectivity index (χ4n) is 2.92. The summed E-state index contributed by atoms with van der Waals surface area (Å²) in [6, 6.07) is 18.5. The van der Waals surface area contributed by atoms with E-state index in [4.69, 9.17) is 9.73 Å². The van der Waals surface area contributed by atoms with E-state index in [-0.39, 0.29) is 0 Å². The minimum atomic E-state index is 0.541. The van der Waals surface area contributed by atoms with Crippen LogP contribution in [0.4, 0.5) is 0 Å². The highest BCUT2D eigenvalue weighted by Crippen LogP contribution is 2.16. The van der Waals surface area contributed by atoms with Crippen LogP contribution in [-0.4, -0.2) is 31.1 Å². The maximum Gasteiger partial charge on any atom is 0.191 e. The van der Waals surface area contributed by atoms with Crippen LogP contribution in [0, 0.1) is 0 Å². The van der Waals surface area contributed by atoms with E-state index in [1.165, 1.54) is 10.9 Å². The van der Waals surface area contributed by atoms with Crippen LogP contribution in [0.25, 0.3) is 10.8 Å². The molecule has 0 unspecified atom stereocenters. The van der Waals surface area contributed by atoms with Gasteiger partial charge in [0.15, 0.2) is 5.96 Å². The summed E-state index contributed by atoms with van der Waals surface area (Å²) in [5, 5.41) is 9.03. The summed E-state index contributed by atoms with van der Waals surface area (Å²) in [5.74, 6) is 1.69. The van der Waals surface area contributed by atoms with Gasteiger partial charge in [0.2, 0.25) is 0 Å². The number of rotatable bonds is 7. The molecule has 0 bridgehead atoms. The van der Waals surface area contributed by atoms with Gasteiger partial charge in [-0.2, -0.15) is 0 Å². The summed E-state index contributed by atoms with van der Waals surface area (Å²) in [6.07, 6.45) is 2.76. The number of aromatic nitrogens is 1. The molecule has 0 saturated carbocycles. The molecule has 0 spiro atoms. The summed E-state index contributed by atoms with van der Waals surface area (Å²) in [4.78, 5) is 9.21. The number of guanidine groups is 1. The minimum absolute atomic E-state index is 0.541. The maximum atomic E-state index is 5.20. The molecule has 5 heteroatoms. The number of nitrogens with one attached hydrogen (secondary N) is 2. The number of hydrogen-bond donors (Lipinski definition) is 2. The molecule has 2 aromatic carbocycles. The summed E-state index contributed by atoms with van der Waals surface area (Å²) in [5.41, 5.74) is 2.25. The summed E-state index contributed by atoms with van der Waals surface area (Å²) >= 11 is 0. The van der Waals surface area contributed by atoms with Gasteiger partial charge < -0.3 is 15.4 Å². The zero-order valence-corrected chi connectivity index (χ0v) is 15.9. The second kappa shape index (κ2) is 9.57. The average molecular weight is 362 g/mol. The first-order valence-electron chi connectivity index (χ1n) is 9.28. The van der Waals surface area contributed by atoms with Gasteiger partial charge in [0.1, 0.15) is 5.75 Å². The molecule has 1 heterocycles. The Labute approximate surface area is 160 Å². The van der Waals surface area contributed by atoms with Crippen LogP contribution in [0.5, 0.6) is 5.75 Å². The predicted molar refractivity (Wildman–Crippen MR) is 111 cm³/mol. The molecule has 0 fully saturated rings. The molecule has 3 aromatic rings. The normalized spacial score (nSPS) is 11.4. The predicted octanol–water partition coefficient (Wildman–Crippen LogP) is 3.54. The quantitative estimate of drug-likeness (QED) is 0.499. The van der Waals surface area contributed by atoms with Crippen LogP contribution in [0.2, 0.25) is 0 Å². The number of hydrogen-bond acceptors (Lipinski definition) is 3. The molecular weight excluding hydrogens is 336 g/mol. The minimum Gasteiger partial charge on any atom is -0.497 e. The van der Waals surface area contributed by atoms with Crippen molar-refractivity contribution in [3.63, 3.8) is 0 Å². The van der Waals surface area contributed by atoms with Crippen LogP contribution in [-0.2, 0) is 13.0 Å². The van der Waals surface area contributed by atoms with Crippen molar-refractivity contribution in [3.8, 4) is 5.75 Å². The van der Waals surface area contributed by atoms with E-state index in [0.717, 1.165) is 42.3 Å². The van der Waals surface area contributed by atoms with Gasteiger partial charge in [-0.25, -0.2) is 4.99 Å². The first-order chi connectivity index (χ1) is 13.3. The average Bonchev–Trinajstić information content (AvgIpc) is 2.72. The highest BCUT2D eigenvalue weighted by atomic mass is 16.5. The number of methoxy groups -OCH3 is 1. The molecule has 1 aromatic heterocycles. The molecule has 0 atom stereocenters. The van der Waals surface area contributed by atoms with Crippen molar-refractivity contribution in [1.29, 1.82) is 0 Å². The third-order valence-corrected chi connectivity index (χ3v) is 4.35. The molecule has 3 rings (SSSR count). The zero-order chi connectivity index (χ0) is 18.9. The molecule has 140 valence electrons. The molecule has 2 N–H and O–H groups in total. The van der Waals surface area contributed by atoms with E-state index in [1.54, 1.807) is 7.11 Å². The smallest absolute Gasteiger partial charge is 0.191 e. The Morgan fingerprint density at radius 1 is 1.04 bits per heavy atom. The lowest BCUT2D eigenvalue weighted by Crippen LogP contribution is -2.38. The van der Waals surface area contributed by atoms with E-state index in [0.29, 0.717) is 6.54 Å². The van der Waals surface area contributed by atoms with Crippen molar-refractivity contribution in [2.75, 3.05) is 20.2 Å². The van der Waals surface area contributed by atoms with E-state index >= 15 is 0 Å². The first kappa shape index (κ1) is 18.7. The van der Waals surface area contributed by atoms with Gasteiger partial charge in [-0.1, -0.05) is 36.4 Å². The van der Waals surface area contributed by atoms with E-state index in [2.05, 4.69) is 46.8 Å². The summed E-state index contributed by atoms with van der Waals surface area (Å²) in [7, 11) is 1.68. The Morgan fingerprint density at radius 2 is 1.85 bits per heavy atom. The highest BCUT2D eigenvalue weighted by Gasteiger charge is 2.03. The summed E-state index contributed by atoms with van der Waals surface area (Å²) < 4.78 is 5.20. The second-order valence-electron chi connectivity index (χ2n) is 6.20. The Bertz CT molecular complexity index is 885. The number of aliphatic imine (C=N–C) groups is 1. The molecule has 0 aliphatic rings. The number of benzene rings is 2.